The van der Waals surface area contributed by atoms with E-state index in [1.54, 1.807) is 0 Å². The van der Waals surface area contributed by atoms with E-state index in [4.69, 9.17) is 10.5 Å². The summed E-state index contributed by atoms with van der Waals surface area (Å²) in [5.74, 6) is -0.514. The van der Waals surface area contributed by atoms with Crippen molar-refractivity contribution in [2.24, 2.45) is 5.73 Å². The molecule has 0 atom stereocenters. The van der Waals surface area contributed by atoms with Crippen molar-refractivity contribution in [1.29, 1.82) is 0 Å². The Morgan fingerprint density at radius 3 is 2.69 bits per heavy atom. The number of nitrogens with two attached hydrogens (primary N) is 1. The molecule has 1 saturated carbocycles. The van der Waals surface area contributed by atoms with Gasteiger partial charge in [-0.25, -0.2) is 0 Å². The van der Waals surface area contributed by atoms with Crippen LogP contribution < -0.4 is 10.5 Å². The zero-order valence-electron chi connectivity index (χ0n) is 8.38. The molecule has 84 valence electrons. The highest BCUT2D eigenvalue weighted by Gasteiger charge is 2.27. The minimum Gasteiger partial charge on any atom is -0.483 e. The Balaban J connectivity index is 2.37. The summed E-state index contributed by atoms with van der Waals surface area (Å²) in [6, 6.07) is 3.87. The average Bonchev–Trinajstić information content (AvgIpc) is 3.01. The van der Waals surface area contributed by atoms with Crippen LogP contribution in [0.3, 0.4) is 0 Å². The first-order valence-corrected chi connectivity index (χ1v) is 4.83. The second-order valence-electron chi connectivity index (χ2n) is 3.62. The molecular formula is C10H10N2O4. The Labute approximate surface area is 91.2 Å². The molecule has 0 unspecified atom stereocenters. The van der Waals surface area contributed by atoms with Gasteiger partial charge in [-0.05, 0) is 18.9 Å². The van der Waals surface area contributed by atoms with Gasteiger partial charge in [-0.1, -0.05) is 0 Å². The first-order chi connectivity index (χ1) is 7.58. The summed E-state index contributed by atoms with van der Waals surface area (Å²) in [6.45, 7) is 0. The smallest absolute Gasteiger partial charge is 0.310 e. The Kier molecular flexibility index (Phi) is 2.47. The lowest BCUT2D eigenvalue weighted by Crippen LogP contribution is -2.11. The molecule has 1 amide bonds. The summed E-state index contributed by atoms with van der Waals surface area (Å²) in [5, 5.41) is 10.7. The van der Waals surface area contributed by atoms with Gasteiger partial charge in [-0.3, -0.25) is 14.9 Å². The van der Waals surface area contributed by atoms with Gasteiger partial charge in [0.2, 0.25) is 5.91 Å². The van der Waals surface area contributed by atoms with Crippen LogP contribution >= 0.6 is 0 Å². The molecule has 16 heavy (non-hydrogen) atoms. The molecule has 1 aliphatic rings. The summed E-state index contributed by atoms with van der Waals surface area (Å²) in [5.41, 5.74) is 5.16. The molecule has 1 aliphatic carbocycles. The van der Waals surface area contributed by atoms with Gasteiger partial charge in [-0.15, -0.1) is 0 Å². The summed E-state index contributed by atoms with van der Waals surface area (Å²) in [4.78, 5) is 21.1. The molecule has 0 heterocycles. The number of hydrogen-bond acceptors (Lipinski definition) is 4. The number of ether oxygens (including phenoxy) is 1. The third-order valence-corrected chi connectivity index (χ3v) is 2.26. The van der Waals surface area contributed by atoms with Crippen molar-refractivity contribution < 1.29 is 14.5 Å². The molecule has 6 heteroatoms. The van der Waals surface area contributed by atoms with Gasteiger partial charge >= 0.3 is 5.69 Å². The molecule has 1 fully saturated rings. The van der Waals surface area contributed by atoms with E-state index in [2.05, 4.69) is 0 Å². The molecule has 1 aromatic carbocycles. The fourth-order valence-corrected chi connectivity index (χ4v) is 1.28. The second-order valence-corrected chi connectivity index (χ2v) is 3.62. The van der Waals surface area contributed by atoms with E-state index >= 15 is 0 Å². The van der Waals surface area contributed by atoms with Gasteiger partial charge in [0.1, 0.15) is 0 Å². The molecule has 2 rings (SSSR count). The molecule has 1 aromatic rings. The first kappa shape index (κ1) is 10.4. The number of nitrogens with zero attached hydrogens (tertiary/aromatic N) is 1. The van der Waals surface area contributed by atoms with Crippen LogP contribution in [0.4, 0.5) is 5.69 Å². The monoisotopic (exact) mass is 222 g/mol. The van der Waals surface area contributed by atoms with Crippen LogP contribution in [0, 0.1) is 10.1 Å². The second kappa shape index (κ2) is 3.80. The first-order valence-electron chi connectivity index (χ1n) is 4.83. The maximum atomic E-state index is 10.9. The van der Waals surface area contributed by atoms with Crippen LogP contribution in [0.2, 0.25) is 0 Å². The summed E-state index contributed by atoms with van der Waals surface area (Å²) >= 11 is 0. The lowest BCUT2D eigenvalue weighted by atomic mass is 10.2. The Hall–Kier alpha value is -2.11. The summed E-state index contributed by atoms with van der Waals surface area (Å²) in [7, 11) is 0. The van der Waals surface area contributed by atoms with Gasteiger partial charge in [-0.2, -0.15) is 0 Å². The topological polar surface area (TPSA) is 95.5 Å². The predicted octanol–water partition coefficient (Wildman–Crippen LogP) is 1.23. The normalized spacial score (nSPS) is 14.5. The molecule has 2 N–H and O–H groups in total. The van der Waals surface area contributed by atoms with Crippen LogP contribution in [-0.2, 0) is 0 Å². The van der Waals surface area contributed by atoms with Crippen LogP contribution in [0.15, 0.2) is 18.2 Å². The highest BCUT2D eigenvalue weighted by Crippen LogP contribution is 2.33. The number of benzene rings is 1. The zero-order chi connectivity index (χ0) is 11.7. The highest BCUT2D eigenvalue weighted by atomic mass is 16.6. The van der Waals surface area contributed by atoms with Gasteiger partial charge in [0.05, 0.1) is 11.0 Å². The van der Waals surface area contributed by atoms with Crippen molar-refractivity contribution >= 4 is 11.6 Å². The lowest BCUT2D eigenvalue weighted by molar-refractivity contribution is -0.385. The van der Waals surface area contributed by atoms with Crippen molar-refractivity contribution in [3.05, 3.63) is 33.9 Å². The van der Waals surface area contributed by atoms with Crippen molar-refractivity contribution in [2.45, 2.75) is 18.9 Å². The number of hydrogen-bond donors (Lipinski definition) is 1. The number of amides is 1. The fraction of sp³-hybridized carbons (Fsp3) is 0.300. The van der Waals surface area contributed by atoms with E-state index in [0.717, 1.165) is 12.8 Å². The SMILES string of the molecule is NC(=O)c1ccc([N+](=O)[O-])c(OC2CC2)c1. The Bertz CT molecular complexity index is 454. The fourth-order valence-electron chi connectivity index (χ4n) is 1.28. The van der Waals surface area contributed by atoms with Crippen molar-refractivity contribution in [1.82, 2.24) is 0 Å². The van der Waals surface area contributed by atoms with Crippen molar-refractivity contribution in [3.63, 3.8) is 0 Å². The van der Waals surface area contributed by atoms with E-state index in [-0.39, 0.29) is 23.1 Å². The molecular weight excluding hydrogens is 212 g/mol. The van der Waals surface area contributed by atoms with Crippen molar-refractivity contribution in [3.8, 4) is 5.75 Å². The molecule has 6 nitrogen and oxygen atoms in total. The van der Waals surface area contributed by atoms with Crippen LogP contribution in [0.5, 0.6) is 5.75 Å². The number of carbonyl (C=O) groups excluding carboxylic acids is 1. The Morgan fingerprint density at radius 2 is 2.19 bits per heavy atom. The maximum Gasteiger partial charge on any atom is 0.310 e. The van der Waals surface area contributed by atoms with E-state index in [1.165, 1.54) is 18.2 Å². The quantitative estimate of drug-likeness (QED) is 0.612. The lowest BCUT2D eigenvalue weighted by Gasteiger charge is -2.06. The summed E-state index contributed by atoms with van der Waals surface area (Å²) in [6.07, 6.45) is 1.80. The van der Waals surface area contributed by atoms with Gasteiger partial charge in [0.25, 0.3) is 0 Å². The number of carbonyl (C=O) groups is 1. The minimum absolute atomic E-state index is 0.0295. The number of rotatable bonds is 4. The van der Waals surface area contributed by atoms with Crippen LogP contribution in [-0.4, -0.2) is 16.9 Å². The van der Waals surface area contributed by atoms with Gasteiger partial charge in [0, 0.05) is 17.7 Å². The molecule has 0 aliphatic heterocycles. The Morgan fingerprint density at radius 1 is 1.50 bits per heavy atom. The van der Waals surface area contributed by atoms with Gasteiger partial charge < -0.3 is 10.5 Å². The molecule has 0 radical (unpaired) electrons. The number of nitro groups is 1. The standard InChI is InChI=1S/C10H10N2O4/c11-10(13)6-1-4-8(12(14)15)9(5-6)16-7-2-3-7/h1,4-5,7H,2-3H2,(H2,11,13). The van der Waals surface area contributed by atoms with Crippen molar-refractivity contribution in [2.75, 3.05) is 0 Å². The van der Waals surface area contributed by atoms with E-state index < -0.39 is 10.8 Å². The van der Waals surface area contributed by atoms with E-state index in [9.17, 15) is 14.9 Å². The predicted molar refractivity (Wildman–Crippen MR) is 55.3 cm³/mol. The largest absolute Gasteiger partial charge is 0.483 e. The zero-order valence-corrected chi connectivity index (χ0v) is 8.38. The molecule has 0 spiro atoms. The van der Waals surface area contributed by atoms with E-state index in [0.29, 0.717) is 0 Å². The summed E-state index contributed by atoms with van der Waals surface area (Å²) < 4.78 is 5.36. The van der Waals surface area contributed by atoms with E-state index in [1.807, 2.05) is 0 Å². The van der Waals surface area contributed by atoms with Crippen LogP contribution in [0.1, 0.15) is 23.2 Å². The van der Waals surface area contributed by atoms with Gasteiger partial charge in [0.15, 0.2) is 5.75 Å². The average molecular weight is 222 g/mol. The molecule has 0 saturated heterocycles. The molecule has 0 aromatic heterocycles. The number of primary amides is 1. The third-order valence-electron chi connectivity index (χ3n) is 2.26. The van der Waals surface area contributed by atoms with Crippen LogP contribution in [0.25, 0.3) is 0 Å². The third kappa shape index (κ3) is 2.10. The minimum atomic E-state index is -0.629. The maximum absolute atomic E-state index is 10.9. The highest BCUT2D eigenvalue weighted by molar-refractivity contribution is 5.93. The number of nitro benzene ring substituents is 1. The molecule has 0 bridgehead atoms.